The van der Waals surface area contributed by atoms with Crippen molar-refractivity contribution in [1.82, 2.24) is 0 Å². The Morgan fingerprint density at radius 1 is 1.09 bits per heavy atom. The van der Waals surface area contributed by atoms with Gasteiger partial charge in [-0.2, -0.15) is 0 Å². The predicted octanol–water partition coefficient (Wildman–Crippen LogP) is 0.144. The Bertz CT molecular complexity index is 308. The van der Waals surface area contributed by atoms with E-state index in [2.05, 4.69) is 0 Å². The molecule has 1 fully saturated rings. The maximum atomic E-state index is 10.9. The zero-order valence-corrected chi connectivity index (χ0v) is 6.43. The van der Waals surface area contributed by atoms with E-state index >= 15 is 0 Å². The van der Waals surface area contributed by atoms with Crippen molar-refractivity contribution < 1.29 is 17.9 Å². The van der Waals surface area contributed by atoms with Gasteiger partial charge in [-0.15, -0.1) is 0 Å². The van der Waals surface area contributed by atoms with Crippen LogP contribution < -0.4 is 0 Å². The molecule has 60 valence electrons. The summed E-state index contributed by atoms with van der Waals surface area (Å²) in [6.07, 6.45) is 0. The Labute approximate surface area is 64.0 Å². The van der Waals surface area contributed by atoms with E-state index in [0.717, 1.165) is 10.8 Å². The van der Waals surface area contributed by atoms with Crippen LogP contribution in [0, 0.1) is 0 Å². The average Bonchev–Trinajstić information content (AvgIpc) is 2.21. The molecule has 4 nitrogen and oxygen atoms in total. The Morgan fingerprint density at radius 3 is 2.00 bits per heavy atom. The molecule has 2 heterocycles. The maximum Gasteiger partial charge on any atom is 0.200 e. The summed E-state index contributed by atoms with van der Waals surface area (Å²) >= 11 is 0. The molecular formula is C6H6O4S. The van der Waals surface area contributed by atoms with Crippen molar-refractivity contribution in [2.24, 2.45) is 0 Å². The van der Waals surface area contributed by atoms with E-state index in [1.54, 1.807) is 0 Å². The first kappa shape index (κ1) is 6.72. The van der Waals surface area contributed by atoms with Gasteiger partial charge in [0.1, 0.15) is 13.2 Å². The average molecular weight is 174 g/mol. The molecule has 5 heteroatoms. The van der Waals surface area contributed by atoms with Crippen LogP contribution in [-0.4, -0.2) is 21.6 Å². The van der Waals surface area contributed by atoms with Crippen LogP contribution >= 0.6 is 0 Å². The standard InChI is InChI=1S/C6H6O4S/c7-11(8)3-5-6(4-11)10-2-1-9-5/h3-4H,1-2H2. The van der Waals surface area contributed by atoms with Crippen molar-refractivity contribution in [3.05, 3.63) is 22.3 Å². The van der Waals surface area contributed by atoms with Gasteiger partial charge in [-0.3, -0.25) is 0 Å². The van der Waals surface area contributed by atoms with Crippen molar-refractivity contribution in [3.63, 3.8) is 0 Å². The van der Waals surface area contributed by atoms with E-state index in [-0.39, 0.29) is 0 Å². The zero-order valence-electron chi connectivity index (χ0n) is 5.61. The van der Waals surface area contributed by atoms with Gasteiger partial charge in [-0.05, 0) is 0 Å². The van der Waals surface area contributed by atoms with Crippen molar-refractivity contribution in [1.29, 1.82) is 0 Å². The molecule has 0 atom stereocenters. The molecule has 0 saturated carbocycles. The van der Waals surface area contributed by atoms with Crippen LogP contribution in [0.3, 0.4) is 0 Å². The highest BCUT2D eigenvalue weighted by Crippen LogP contribution is 2.26. The molecule has 0 spiro atoms. The lowest BCUT2D eigenvalue weighted by Crippen LogP contribution is -2.11. The van der Waals surface area contributed by atoms with Crippen LogP contribution in [0.25, 0.3) is 0 Å². The van der Waals surface area contributed by atoms with E-state index in [4.69, 9.17) is 9.47 Å². The van der Waals surface area contributed by atoms with Gasteiger partial charge in [0.2, 0.25) is 9.84 Å². The molecule has 0 aromatic heterocycles. The Hall–Kier alpha value is -0.970. The summed E-state index contributed by atoms with van der Waals surface area (Å²) in [5.41, 5.74) is 0. The van der Waals surface area contributed by atoms with Gasteiger partial charge in [0, 0.05) is 0 Å². The van der Waals surface area contributed by atoms with E-state index in [1.165, 1.54) is 0 Å². The highest BCUT2D eigenvalue weighted by Gasteiger charge is 2.25. The van der Waals surface area contributed by atoms with Gasteiger partial charge in [0.05, 0.1) is 10.8 Å². The molecule has 2 aliphatic rings. The van der Waals surface area contributed by atoms with Gasteiger partial charge in [0.15, 0.2) is 11.5 Å². The Balaban J connectivity index is 2.46. The summed E-state index contributed by atoms with van der Waals surface area (Å²) < 4.78 is 31.8. The fourth-order valence-corrected chi connectivity index (χ4v) is 2.00. The van der Waals surface area contributed by atoms with Crippen LogP contribution in [0.2, 0.25) is 0 Å². The monoisotopic (exact) mass is 174 g/mol. The summed E-state index contributed by atoms with van der Waals surface area (Å²) in [6, 6.07) is 0. The second-order valence-electron chi connectivity index (χ2n) is 2.25. The first-order valence-corrected chi connectivity index (χ1v) is 4.73. The van der Waals surface area contributed by atoms with Gasteiger partial charge < -0.3 is 9.47 Å². The van der Waals surface area contributed by atoms with Gasteiger partial charge in [-0.25, -0.2) is 8.42 Å². The third-order valence-electron chi connectivity index (χ3n) is 1.38. The zero-order chi connectivity index (χ0) is 7.90. The lowest BCUT2D eigenvalue weighted by Gasteiger charge is -2.16. The van der Waals surface area contributed by atoms with E-state index in [9.17, 15) is 8.42 Å². The van der Waals surface area contributed by atoms with Gasteiger partial charge in [-0.1, -0.05) is 0 Å². The van der Waals surface area contributed by atoms with E-state index < -0.39 is 9.84 Å². The van der Waals surface area contributed by atoms with Gasteiger partial charge in [0.25, 0.3) is 0 Å². The minimum Gasteiger partial charge on any atom is -0.485 e. The van der Waals surface area contributed by atoms with Crippen LogP contribution in [-0.2, 0) is 19.3 Å². The molecule has 1 saturated heterocycles. The normalized spacial score (nSPS) is 25.8. The van der Waals surface area contributed by atoms with Crippen LogP contribution in [0.5, 0.6) is 0 Å². The summed E-state index contributed by atoms with van der Waals surface area (Å²) in [4.78, 5) is 0. The molecule has 11 heavy (non-hydrogen) atoms. The number of hydrogen-bond acceptors (Lipinski definition) is 4. The fourth-order valence-electron chi connectivity index (χ4n) is 0.962. The minimum atomic E-state index is -3.20. The molecular weight excluding hydrogens is 168 g/mol. The Morgan fingerprint density at radius 2 is 1.55 bits per heavy atom. The minimum absolute atomic E-state index is 0.330. The third-order valence-corrected chi connectivity index (χ3v) is 2.47. The second-order valence-corrected chi connectivity index (χ2v) is 3.90. The first-order chi connectivity index (χ1) is 5.17. The molecule has 0 unspecified atom stereocenters. The summed E-state index contributed by atoms with van der Waals surface area (Å²) in [5, 5.41) is 2.14. The molecule has 2 aliphatic heterocycles. The van der Waals surface area contributed by atoms with Crippen molar-refractivity contribution >= 4 is 9.84 Å². The highest BCUT2D eigenvalue weighted by atomic mass is 32.2. The molecule has 0 amide bonds. The molecule has 0 N–H and O–H groups in total. The van der Waals surface area contributed by atoms with Crippen molar-refractivity contribution in [2.75, 3.05) is 13.2 Å². The number of rotatable bonds is 0. The number of hydrogen-bond donors (Lipinski definition) is 0. The second kappa shape index (κ2) is 2.01. The van der Waals surface area contributed by atoms with Crippen molar-refractivity contribution in [2.45, 2.75) is 0 Å². The SMILES string of the molecule is O=S1(=O)C=C2OCCOC2=C1. The lowest BCUT2D eigenvalue weighted by atomic mass is 10.4. The topological polar surface area (TPSA) is 52.6 Å². The van der Waals surface area contributed by atoms with Crippen molar-refractivity contribution in [3.8, 4) is 0 Å². The van der Waals surface area contributed by atoms with Crippen LogP contribution in [0.1, 0.15) is 0 Å². The fraction of sp³-hybridized carbons (Fsp3) is 0.333. The number of ether oxygens (including phenoxy) is 2. The summed E-state index contributed by atoms with van der Waals surface area (Å²) in [7, 11) is -3.20. The smallest absolute Gasteiger partial charge is 0.200 e. The molecule has 2 rings (SSSR count). The molecule has 0 aromatic rings. The lowest BCUT2D eigenvalue weighted by molar-refractivity contribution is 0.0614. The molecule has 0 radical (unpaired) electrons. The number of sulfone groups is 1. The number of fused-ring (bicyclic) bond motifs is 1. The summed E-state index contributed by atoms with van der Waals surface area (Å²) in [6.45, 7) is 0.831. The third kappa shape index (κ3) is 1.11. The van der Waals surface area contributed by atoms with Crippen LogP contribution in [0.4, 0.5) is 0 Å². The quantitative estimate of drug-likeness (QED) is 0.524. The molecule has 0 bridgehead atoms. The summed E-state index contributed by atoms with van der Waals surface area (Å²) in [5.74, 6) is 0.660. The maximum absolute atomic E-state index is 10.9. The van der Waals surface area contributed by atoms with Gasteiger partial charge >= 0.3 is 0 Å². The van der Waals surface area contributed by atoms with E-state index in [1.807, 2.05) is 0 Å². The van der Waals surface area contributed by atoms with Crippen LogP contribution in [0.15, 0.2) is 22.3 Å². The Kier molecular flexibility index (Phi) is 1.23. The predicted molar refractivity (Wildman–Crippen MR) is 37.0 cm³/mol. The molecule has 0 aliphatic carbocycles. The highest BCUT2D eigenvalue weighted by molar-refractivity contribution is 7.97. The first-order valence-electron chi connectivity index (χ1n) is 3.12. The molecule has 0 aromatic carbocycles. The van der Waals surface area contributed by atoms with E-state index in [0.29, 0.717) is 24.7 Å². The largest absolute Gasteiger partial charge is 0.485 e.